The third-order valence-electron chi connectivity index (χ3n) is 4.55. The molecule has 7 heteroatoms. The number of aryl methyl sites for hydroxylation is 1. The quantitative estimate of drug-likeness (QED) is 0.703. The van der Waals surface area contributed by atoms with Crippen LogP contribution in [0.15, 0.2) is 42.5 Å². The SMILES string of the molecule is Cc1ccc2cc(C(=O)NC[C@H](O)c3cc(Cl)c4c(c3)OCCO4)ccc2n1. The molecule has 2 N–H and O–H groups in total. The lowest BCUT2D eigenvalue weighted by Gasteiger charge is -2.21. The second kappa shape index (κ2) is 7.66. The minimum atomic E-state index is -0.929. The molecule has 0 saturated heterocycles. The van der Waals surface area contributed by atoms with Gasteiger partial charge in [0.15, 0.2) is 11.5 Å². The van der Waals surface area contributed by atoms with Gasteiger partial charge in [0.1, 0.15) is 13.2 Å². The molecule has 4 rings (SSSR count). The highest BCUT2D eigenvalue weighted by Crippen LogP contribution is 2.39. The van der Waals surface area contributed by atoms with Gasteiger partial charge in [0.25, 0.3) is 5.91 Å². The molecule has 0 radical (unpaired) electrons. The van der Waals surface area contributed by atoms with E-state index in [2.05, 4.69) is 10.3 Å². The number of carbonyl (C=O) groups is 1. The van der Waals surface area contributed by atoms with Gasteiger partial charge in [-0.25, -0.2) is 0 Å². The van der Waals surface area contributed by atoms with Gasteiger partial charge in [-0.1, -0.05) is 17.7 Å². The van der Waals surface area contributed by atoms with E-state index in [-0.39, 0.29) is 12.5 Å². The molecule has 144 valence electrons. The molecule has 0 saturated carbocycles. The van der Waals surface area contributed by atoms with Crippen LogP contribution in [0.25, 0.3) is 10.9 Å². The summed E-state index contributed by atoms with van der Waals surface area (Å²) < 4.78 is 11.0. The lowest BCUT2D eigenvalue weighted by atomic mass is 10.1. The summed E-state index contributed by atoms with van der Waals surface area (Å²) in [6.45, 7) is 2.83. The molecule has 3 aromatic rings. The fraction of sp³-hybridized carbons (Fsp3) is 0.238. The van der Waals surface area contributed by atoms with Crippen molar-refractivity contribution in [2.75, 3.05) is 19.8 Å². The van der Waals surface area contributed by atoms with Crippen molar-refractivity contribution in [3.05, 3.63) is 64.3 Å². The van der Waals surface area contributed by atoms with Gasteiger partial charge < -0.3 is 19.9 Å². The number of aromatic nitrogens is 1. The van der Waals surface area contributed by atoms with Gasteiger partial charge in [0, 0.05) is 23.2 Å². The second-order valence-electron chi connectivity index (χ2n) is 6.61. The van der Waals surface area contributed by atoms with E-state index in [4.69, 9.17) is 21.1 Å². The first kappa shape index (κ1) is 18.5. The molecule has 0 aliphatic carbocycles. The van der Waals surface area contributed by atoms with Gasteiger partial charge in [0.2, 0.25) is 0 Å². The molecule has 6 nitrogen and oxygen atoms in total. The molecule has 1 aliphatic heterocycles. The number of benzene rings is 2. The summed E-state index contributed by atoms with van der Waals surface area (Å²) in [6.07, 6.45) is -0.929. The standard InChI is InChI=1S/C21H19ClN2O4/c1-12-2-3-13-8-14(4-5-17(13)24-12)21(26)23-11-18(25)15-9-16(22)20-19(10-15)27-6-7-28-20/h2-5,8-10,18,25H,6-7,11H2,1H3,(H,23,26)/t18-/m0/s1. The number of rotatable bonds is 4. The van der Waals surface area contributed by atoms with Crippen LogP contribution in [0, 0.1) is 6.92 Å². The van der Waals surface area contributed by atoms with Crippen molar-refractivity contribution in [2.24, 2.45) is 0 Å². The van der Waals surface area contributed by atoms with Gasteiger partial charge >= 0.3 is 0 Å². The van der Waals surface area contributed by atoms with Crippen molar-refractivity contribution in [3.8, 4) is 11.5 Å². The maximum absolute atomic E-state index is 12.5. The number of nitrogens with zero attached hydrogens (tertiary/aromatic N) is 1. The summed E-state index contributed by atoms with van der Waals surface area (Å²) in [7, 11) is 0. The Kier molecular flexibility index (Phi) is 5.07. The Morgan fingerprint density at radius 1 is 1.21 bits per heavy atom. The molecular weight excluding hydrogens is 380 g/mol. The summed E-state index contributed by atoms with van der Waals surface area (Å²) in [5.41, 5.74) is 2.81. The number of hydrogen-bond acceptors (Lipinski definition) is 5. The fourth-order valence-corrected chi connectivity index (χ4v) is 3.37. The zero-order valence-corrected chi connectivity index (χ0v) is 16.0. The van der Waals surface area contributed by atoms with Crippen LogP contribution < -0.4 is 14.8 Å². The first-order valence-electron chi connectivity index (χ1n) is 8.94. The maximum Gasteiger partial charge on any atom is 0.251 e. The highest BCUT2D eigenvalue weighted by atomic mass is 35.5. The Hall–Kier alpha value is -2.83. The topological polar surface area (TPSA) is 80.7 Å². The third-order valence-corrected chi connectivity index (χ3v) is 4.83. The van der Waals surface area contributed by atoms with Crippen molar-refractivity contribution in [2.45, 2.75) is 13.0 Å². The summed E-state index contributed by atoms with van der Waals surface area (Å²) in [4.78, 5) is 16.9. The van der Waals surface area contributed by atoms with E-state index in [1.165, 1.54) is 0 Å². The van der Waals surface area contributed by atoms with Crippen LogP contribution in [0.4, 0.5) is 0 Å². The number of hydrogen-bond donors (Lipinski definition) is 2. The minimum Gasteiger partial charge on any atom is -0.486 e. The van der Waals surface area contributed by atoms with Gasteiger partial charge in [-0.2, -0.15) is 0 Å². The van der Waals surface area contributed by atoms with E-state index in [0.717, 1.165) is 16.6 Å². The summed E-state index contributed by atoms with van der Waals surface area (Å²) in [5, 5.41) is 14.5. The maximum atomic E-state index is 12.5. The zero-order valence-electron chi connectivity index (χ0n) is 15.2. The Morgan fingerprint density at radius 3 is 2.89 bits per heavy atom. The zero-order chi connectivity index (χ0) is 19.7. The Bertz CT molecular complexity index is 1050. The van der Waals surface area contributed by atoms with Crippen LogP contribution >= 0.6 is 11.6 Å². The molecule has 28 heavy (non-hydrogen) atoms. The molecule has 0 unspecified atom stereocenters. The predicted octanol–water partition coefficient (Wildman–Crippen LogP) is 3.43. The summed E-state index contributed by atoms with van der Waals surface area (Å²) in [5.74, 6) is 0.703. The van der Waals surface area contributed by atoms with Crippen LogP contribution in [0.2, 0.25) is 5.02 Å². The van der Waals surface area contributed by atoms with E-state index < -0.39 is 6.10 Å². The van der Waals surface area contributed by atoms with Crippen molar-refractivity contribution >= 4 is 28.4 Å². The Labute approximate surface area is 167 Å². The van der Waals surface area contributed by atoms with Crippen LogP contribution in [-0.4, -0.2) is 35.8 Å². The lowest BCUT2D eigenvalue weighted by Crippen LogP contribution is -2.28. The number of halogens is 1. The molecule has 1 aliphatic rings. The highest BCUT2D eigenvalue weighted by molar-refractivity contribution is 6.32. The van der Waals surface area contributed by atoms with Crippen LogP contribution in [0.5, 0.6) is 11.5 Å². The Morgan fingerprint density at radius 2 is 2.04 bits per heavy atom. The van der Waals surface area contributed by atoms with Gasteiger partial charge in [-0.15, -0.1) is 0 Å². The number of carbonyl (C=O) groups excluding carboxylic acids is 1. The van der Waals surface area contributed by atoms with Gasteiger partial charge in [0.05, 0.1) is 16.6 Å². The largest absolute Gasteiger partial charge is 0.486 e. The van der Waals surface area contributed by atoms with Crippen LogP contribution in [-0.2, 0) is 0 Å². The summed E-state index contributed by atoms with van der Waals surface area (Å²) >= 11 is 6.21. The summed E-state index contributed by atoms with van der Waals surface area (Å²) in [6, 6.07) is 12.5. The Balaban J connectivity index is 1.46. The van der Waals surface area contributed by atoms with E-state index in [0.29, 0.717) is 40.9 Å². The van der Waals surface area contributed by atoms with Crippen molar-refractivity contribution in [1.29, 1.82) is 0 Å². The molecule has 0 fully saturated rings. The molecule has 2 aromatic carbocycles. The molecule has 1 aromatic heterocycles. The average Bonchev–Trinajstić information content (AvgIpc) is 2.71. The van der Waals surface area contributed by atoms with Crippen molar-refractivity contribution in [3.63, 3.8) is 0 Å². The first-order chi connectivity index (χ1) is 13.5. The smallest absolute Gasteiger partial charge is 0.251 e. The van der Waals surface area contributed by atoms with Crippen LogP contribution in [0.1, 0.15) is 27.7 Å². The first-order valence-corrected chi connectivity index (χ1v) is 9.32. The van der Waals surface area contributed by atoms with Gasteiger partial charge in [-0.05, 0) is 48.9 Å². The molecule has 0 bridgehead atoms. The number of amides is 1. The number of aliphatic hydroxyl groups is 1. The number of aliphatic hydroxyl groups excluding tert-OH is 1. The monoisotopic (exact) mass is 398 g/mol. The number of ether oxygens (including phenoxy) is 2. The second-order valence-corrected chi connectivity index (χ2v) is 7.02. The fourth-order valence-electron chi connectivity index (χ4n) is 3.10. The average molecular weight is 399 g/mol. The van der Waals surface area contributed by atoms with Crippen LogP contribution in [0.3, 0.4) is 0 Å². The lowest BCUT2D eigenvalue weighted by molar-refractivity contribution is 0.0916. The number of nitrogens with one attached hydrogen (secondary N) is 1. The number of fused-ring (bicyclic) bond motifs is 2. The molecule has 1 amide bonds. The highest BCUT2D eigenvalue weighted by Gasteiger charge is 2.20. The molecular formula is C21H19ClN2O4. The van der Waals surface area contributed by atoms with Crippen molar-refractivity contribution in [1.82, 2.24) is 10.3 Å². The van der Waals surface area contributed by atoms with E-state index in [1.807, 2.05) is 25.1 Å². The van der Waals surface area contributed by atoms with E-state index >= 15 is 0 Å². The minimum absolute atomic E-state index is 0.0407. The van der Waals surface area contributed by atoms with Crippen molar-refractivity contribution < 1.29 is 19.4 Å². The predicted molar refractivity (Wildman–Crippen MR) is 106 cm³/mol. The number of pyridine rings is 1. The van der Waals surface area contributed by atoms with E-state index in [1.54, 1.807) is 24.3 Å². The normalized spacial score (nSPS) is 14.0. The molecule has 1 atom stereocenters. The van der Waals surface area contributed by atoms with Gasteiger partial charge in [-0.3, -0.25) is 9.78 Å². The molecule has 2 heterocycles. The van der Waals surface area contributed by atoms with E-state index in [9.17, 15) is 9.90 Å². The third kappa shape index (κ3) is 3.74. The molecule has 0 spiro atoms.